The first-order chi connectivity index (χ1) is 6.82. The van der Waals surface area contributed by atoms with Crippen molar-refractivity contribution in [2.75, 3.05) is 26.2 Å². The molecule has 0 aromatic rings. The van der Waals surface area contributed by atoms with Crippen molar-refractivity contribution in [3.63, 3.8) is 0 Å². The molecular formula is C11H24N2O2. The lowest BCUT2D eigenvalue weighted by atomic mass is 9.92. The molecule has 4 nitrogen and oxygen atoms in total. The van der Waals surface area contributed by atoms with E-state index in [1.165, 1.54) is 0 Å². The van der Waals surface area contributed by atoms with Crippen LogP contribution >= 0.6 is 0 Å². The summed E-state index contributed by atoms with van der Waals surface area (Å²) < 4.78 is 0. The number of hydrogen-bond acceptors (Lipinski definition) is 3. The summed E-state index contributed by atoms with van der Waals surface area (Å²) >= 11 is 0. The van der Waals surface area contributed by atoms with E-state index >= 15 is 0 Å². The molecule has 0 aromatic heterocycles. The summed E-state index contributed by atoms with van der Waals surface area (Å²) in [4.78, 5) is 12.9. The van der Waals surface area contributed by atoms with Crippen molar-refractivity contribution in [1.82, 2.24) is 4.90 Å². The quantitative estimate of drug-likeness (QED) is 0.666. The minimum absolute atomic E-state index is 0.0498. The maximum atomic E-state index is 10.7. The molecule has 4 heteroatoms. The average molecular weight is 216 g/mol. The predicted molar refractivity (Wildman–Crippen MR) is 61.7 cm³/mol. The van der Waals surface area contributed by atoms with E-state index in [9.17, 15) is 4.79 Å². The minimum atomic E-state index is -0.737. The highest BCUT2D eigenvalue weighted by Gasteiger charge is 2.22. The van der Waals surface area contributed by atoms with Gasteiger partial charge in [-0.15, -0.1) is 0 Å². The third-order valence-corrected chi connectivity index (χ3v) is 2.61. The number of carboxylic acids is 1. The van der Waals surface area contributed by atoms with Gasteiger partial charge in [0.2, 0.25) is 0 Å². The van der Waals surface area contributed by atoms with Crippen molar-refractivity contribution in [2.45, 2.75) is 27.7 Å². The van der Waals surface area contributed by atoms with E-state index < -0.39 is 5.97 Å². The Morgan fingerprint density at radius 3 is 2.40 bits per heavy atom. The van der Waals surface area contributed by atoms with E-state index in [1.807, 2.05) is 6.92 Å². The van der Waals surface area contributed by atoms with Crippen molar-refractivity contribution < 1.29 is 9.90 Å². The molecule has 90 valence electrons. The summed E-state index contributed by atoms with van der Waals surface area (Å²) in [5, 5.41) is 8.83. The van der Waals surface area contributed by atoms with Crippen LogP contribution in [-0.2, 0) is 4.79 Å². The number of rotatable bonds is 7. The Kier molecular flexibility index (Phi) is 5.83. The molecule has 0 amide bonds. The van der Waals surface area contributed by atoms with Gasteiger partial charge in [-0.2, -0.15) is 0 Å². The first kappa shape index (κ1) is 14.4. The maximum Gasteiger partial charge on any atom is 0.307 e. The van der Waals surface area contributed by atoms with E-state index in [1.54, 1.807) is 6.92 Å². The van der Waals surface area contributed by atoms with E-state index in [-0.39, 0.29) is 11.3 Å². The lowest BCUT2D eigenvalue weighted by Gasteiger charge is -2.31. The highest BCUT2D eigenvalue weighted by Crippen LogP contribution is 2.15. The molecule has 0 saturated heterocycles. The Morgan fingerprint density at radius 1 is 1.53 bits per heavy atom. The number of aliphatic carboxylic acids is 1. The minimum Gasteiger partial charge on any atom is -0.481 e. The fourth-order valence-electron chi connectivity index (χ4n) is 1.44. The van der Waals surface area contributed by atoms with Crippen LogP contribution < -0.4 is 5.73 Å². The zero-order chi connectivity index (χ0) is 12.1. The highest BCUT2D eigenvalue weighted by molar-refractivity contribution is 5.69. The number of carbonyl (C=O) groups is 1. The van der Waals surface area contributed by atoms with Crippen molar-refractivity contribution in [1.29, 1.82) is 0 Å². The number of carboxylic acid groups (broad SMARTS) is 1. The smallest absolute Gasteiger partial charge is 0.307 e. The Hall–Kier alpha value is -0.610. The Morgan fingerprint density at radius 2 is 2.07 bits per heavy atom. The molecule has 0 saturated carbocycles. The van der Waals surface area contributed by atoms with Crippen molar-refractivity contribution in [3.05, 3.63) is 0 Å². The third-order valence-electron chi connectivity index (χ3n) is 2.61. The molecule has 0 fully saturated rings. The summed E-state index contributed by atoms with van der Waals surface area (Å²) in [6.07, 6.45) is 0. The SMILES string of the molecule is CCN(CC(C)C(=O)O)CC(C)(C)CN. The van der Waals surface area contributed by atoms with Crippen LogP contribution in [0, 0.1) is 11.3 Å². The second kappa shape index (κ2) is 6.08. The second-order valence-corrected chi connectivity index (χ2v) is 4.94. The predicted octanol–water partition coefficient (Wildman–Crippen LogP) is 1.01. The Bertz CT molecular complexity index is 205. The Labute approximate surface area is 92.4 Å². The summed E-state index contributed by atoms with van der Waals surface area (Å²) in [5.41, 5.74) is 5.71. The van der Waals surface area contributed by atoms with Gasteiger partial charge in [-0.3, -0.25) is 4.79 Å². The van der Waals surface area contributed by atoms with E-state index in [0.717, 1.165) is 13.1 Å². The van der Waals surface area contributed by atoms with Gasteiger partial charge in [0.15, 0.2) is 0 Å². The zero-order valence-electron chi connectivity index (χ0n) is 10.3. The van der Waals surface area contributed by atoms with E-state index in [2.05, 4.69) is 18.7 Å². The monoisotopic (exact) mass is 216 g/mol. The third kappa shape index (κ3) is 5.74. The molecular weight excluding hydrogens is 192 g/mol. The summed E-state index contributed by atoms with van der Waals surface area (Å²) in [6.45, 7) is 10.9. The van der Waals surface area contributed by atoms with Crippen LogP contribution in [0.4, 0.5) is 0 Å². The fraction of sp³-hybridized carbons (Fsp3) is 0.909. The molecule has 0 aliphatic carbocycles. The topological polar surface area (TPSA) is 66.6 Å². The first-order valence-electron chi connectivity index (χ1n) is 5.47. The van der Waals surface area contributed by atoms with Crippen LogP contribution in [0.3, 0.4) is 0 Å². The van der Waals surface area contributed by atoms with Gasteiger partial charge in [-0.05, 0) is 18.5 Å². The summed E-state index contributed by atoms with van der Waals surface area (Å²) in [7, 11) is 0. The molecule has 15 heavy (non-hydrogen) atoms. The zero-order valence-corrected chi connectivity index (χ0v) is 10.3. The fourth-order valence-corrected chi connectivity index (χ4v) is 1.44. The second-order valence-electron chi connectivity index (χ2n) is 4.94. The molecule has 0 heterocycles. The highest BCUT2D eigenvalue weighted by atomic mass is 16.4. The number of nitrogens with zero attached hydrogens (tertiary/aromatic N) is 1. The number of nitrogens with two attached hydrogens (primary N) is 1. The molecule has 0 rings (SSSR count). The molecule has 1 atom stereocenters. The van der Waals surface area contributed by atoms with Gasteiger partial charge in [0.1, 0.15) is 0 Å². The van der Waals surface area contributed by atoms with Crippen molar-refractivity contribution >= 4 is 5.97 Å². The molecule has 0 bridgehead atoms. The number of hydrogen-bond donors (Lipinski definition) is 2. The largest absolute Gasteiger partial charge is 0.481 e. The first-order valence-corrected chi connectivity index (χ1v) is 5.47. The lowest BCUT2D eigenvalue weighted by molar-refractivity contribution is -0.141. The van der Waals surface area contributed by atoms with Crippen LogP contribution in [0.25, 0.3) is 0 Å². The van der Waals surface area contributed by atoms with Gasteiger partial charge in [0.25, 0.3) is 0 Å². The molecule has 0 aliphatic heterocycles. The lowest BCUT2D eigenvalue weighted by Crippen LogP contribution is -2.41. The molecule has 1 unspecified atom stereocenters. The van der Waals surface area contributed by atoms with Crippen LogP contribution in [0.5, 0.6) is 0 Å². The van der Waals surface area contributed by atoms with Crippen LogP contribution in [0.2, 0.25) is 0 Å². The van der Waals surface area contributed by atoms with E-state index in [4.69, 9.17) is 10.8 Å². The van der Waals surface area contributed by atoms with Gasteiger partial charge in [-0.25, -0.2) is 0 Å². The Balaban J connectivity index is 4.20. The van der Waals surface area contributed by atoms with Gasteiger partial charge in [0, 0.05) is 13.1 Å². The standard InChI is InChI=1S/C11H24N2O2/c1-5-13(6-9(2)10(14)15)8-11(3,4)7-12/h9H,5-8,12H2,1-4H3,(H,14,15). The van der Waals surface area contributed by atoms with E-state index in [0.29, 0.717) is 13.1 Å². The van der Waals surface area contributed by atoms with Crippen LogP contribution in [0.15, 0.2) is 0 Å². The van der Waals surface area contributed by atoms with Crippen LogP contribution in [0.1, 0.15) is 27.7 Å². The molecule has 0 spiro atoms. The molecule has 0 aliphatic rings. The van der Waals surface area contributed by atoms with Gasteiger partial charge in [-0.1, -0.05) is 27.7 Å². The van der Waals surface area contributed by atoms with Crippen molar-refractivity contribution in [3.8, 4) is 0 Å². The normalized spacial score (nSPS) is 14.3. The van der Waals surface area contributed by atoms with Crippen LogP contribution in [-0.4, -0.2) is 42.2 Å². The summed E-state index contributed by atoms with van der Waals surface area (Å²) in [6, 6.07) is 0. The molecule has 0 radical (unpaired) electrons. The summed E-state index contributed by atoms with van der Waals surface area (Å²) in [5.74, 6) is -1.06. The van der Waals surface area contributed by atoms with Gasteiger partial charge in [0.05, 0.1) is 5.92 Å². The van der Waals surface area contributed by atoms with Gasteiger partial charge >= 0.3 is 5.97 Å². The average Bonchev–Trinajstić information content (AvgIpc) is 2.16. The van der Waals surface area contributed by atoms with Crippen molar-refractivity contribution in [2.24, 2.45) is 17.1 Å². The maximum absolute atomic E-state index is 10.7. The molecule has 3 N–H and O–H groups in total. The van der Waals surface area contributed by atoms with Gasteiger partial charge < -0.3 is 15.7 Å². The molecule has 0 aromatic carbocycles.